The predicted molar refractivity (Wildman–Crippen MR) is 95.3 cm³/mol. The van der Waals surface area contributed by atoms with Crippen LogP contribution in [0.15, 0.2) is 12.7 Å². The van der Waals surface area contributed by atoms with Gasteiger partial charge in [-0.25, -0.2) is 4.79 Å². The average molecular weight is 344 g/mol. The molecular formula is C17H33NO4Si. The Balaban J connectivity index is 2.73. The first-order chi connectivity index (χ1) is 10.7. The lowest BCUT2D eigenvalue weighted by molar-refractivity contribution is -0.0485. The first-order valence-electron chi connectivity index (χ1n) is 8.49. The Bertz CT molecular complexity index is 395. The van der Waals surface area contributed by atoms with Gasteiger partial charge in [0.2, 0.25) is 0 Å². The van der Waals surface area contributed by atoms with Gasteiger partial charge in [0.05, 0.1) is 25.4 Å². The molecule has 1 atom stereocenters. The number of nitrogens with zero attached hydrogens (tertiary/aromatic N) is 1. The molecule has 6 heteroatoms. The van der Waals surface area contributed by atoms with Gasteiger partial charge in [0.1, 0.15) is 6.61 Å². The highest BCUT2D eigenvalue weighted by molar-refractivity contribution is 6.48. The zero-order chi connectivity index (χ0) is 17.5. The minimum absolute atomic E-state index is 0.0929. The maximum absolute atomic E-state index is 12.4. The molecule has 0 N–H and O–H groups in total. The van der Waals surface area contributed by atoms with Gasteiger partial charge < -0.3 is 13.9 Å². The third-order valence-corrected chi connectivity index (χ3v) is 5.35. The van der Waals surface area contributed by atoms with E-state index < -0.39 is 9.04 Å². The van der Waals surface area contributed by atoms with Gasteiger partial charge in [0.15, 0.2) is 9.04 Å². The molecule has 0 radical (unpaired) electrons. The molecule has 5 nitrogen and oxygen atoms in total. The second-order valence-electron chi connectivity index (χ2n) is 7.37. The second-order valence-corrected chi connectivity index (χ2v) is 9.81. The van der Waals surface area contributed by atoms with Crippen LogP contribution in [-0.4, -0.2) is 58.5 Å². The third-order valence-electron chi connectivity index (χ3n) is 4.45. The van der Waals surface area contributed by atoms with E-state index in [1.807, 2.05) is 4.90 Å². The van der Waals surface area contributed by atoms with E-state index in [2.05, 4.69) is 40.4 Å². The Morgan fingerprint density at radius 2 is 2.04 bits per heavy atom. The summed E-state index contributed by atoms with van der Waals surface area (Å²) in [5, 5.41) is 0. The number of carbonyl (C=O) groups is 1. The molecule has 0 spiro atoms. The molecule has 0 saturated carbocycles. The number of carbonyl (C=O) groups excluding carboxylic acids is 1. The van der Waals surface area contributed by atoms with E-state index in [1.54, 1.807) is 6.08 Å². The summed E-state index contributed by atoms with van der Waals surface area (Å²) in [6.07, 6.45) is 3.22. The number of hydrogen-bond acceptors (Lipinski definition) is 4. The fourth-order valence-corrected chi connectivity index (χ4v) is 3.65. The molecule has 1 heterocycles. The van der Waals surface area contributed by atoms with Crippen LogP contribution in [0.3, 0.4) is 0 Å². The molecule has 0 aromatic carbocycles. The van der Waals surface area contributed by atoms with Crippen molar-refractivity contribution >= 4 is 15.1 Å². The van der Waals surface area contributed by atoms with Gasteiger partial charge in [0, 0.05) is 6.54 Å². The molecule has 1 aliphatic heterocycles. The van der Waals surface area contributed by atoms with E-state index in [1.165, 1.54) is 0 Å². The second kappa shape index (κ2) is 8.85. The molecule has 1 saturated heterocycles. The van der Waals surface area contributed by atoms with Crippen LogP contribution in [0.4, 0.5) is 4.79 Å². The van der Waals surface area contributed by atoms with Crippen molar-refractivity contribution in [2.45, 2.75) is 52.2 Å². The molecule has 1 rings (SSSR count). The van der Waals surface area contributed by atoms with Gasteiger partial charge in [-0.2, -0.15) is 0 Å². The van der Waals surface area contributed by atoms with Crippen LogP contribution >= 0.6 is 0 Å². The lowest BCUT2D eigenvalue weighted by Crippen LogP contribution is -2.58. The van der Waals surface area contributed by atoms with E-state index >= 15 is 0 Å². The van der Waals surface area contributed by atoms with E-state index in [0.29, 0.717) is 26.4 Å². The van der Waals surface area contributed by atoms with Crippen LogP contribution in [0, 0.1) is 5.41 Å². The third kappa shape index (κ3) is 5.33. The van der Waals surface area contributed by atoms with E-state index in [-0.39, 0.29) is 23.7 Å². The van der Waals surface area contributed by atoms with E-state index in [0.717, 1.165) is 12.8 Å². The molecule has 134 valence electrons. The Morgan fingerprint density at radius 3 is 2.61 bits per heavy atom. The molecule has 0 aliphatic carbocycles. The molecule has 1 fully saturated rings. The number of rotatable bonds is 8. The van der Waals surface area contributed by atoms with Gasteiger partial charge in [0.25, 0.3) is 0 Å². The average Bonchev–Trinajstić information content (AvgIpc) is 2.89. The number of ether oxygens (including phenoxy) is 2. The summed E-state index contributed by atoms with van der Waals surface area (Å²) in [4.78, 5) is 14.3. The van der Waals surface area contributed by atoms with Crippen LogP contribution in [0.2, 0.25) is 13.1 Å². The molecule has 1 unspecified atom stereocenters. The number of amides is 1. The lowest BCUT2D eigenvalue weighted by atomic mass is 9.72. The van der Waals surface area contributed by atoms with Crippen molar-refractivity contribution in [1.29, 1.82) is 0 Å². The van der Waals surface area contributed by atoms with E-state index in [9.17, 15) is 4.79 Å². The fourth-order valence-electron chi connectivity index (χ4n) is 3.08. The van der Waals surface area contributed by atoms with Gasteiger partial charge in [-0.05, 0) is 31.4 Å². The van der Waals surface area contributed by atoms with E-state index in [4.69, 9.17) is 13.9 Å². The van der Waals surface area contributed by atoms with Gasteiger partial charge in [-0.1, -0.05) is 33.4 Å². The Kier molecular flexibility index (Phi) is 7.77. The van der Waals surface area contributed by atoms with Crippen LogP contribution in [-0.2, 0) is 13.9 Å². The molecule has 1 amide bonds. The normalized spacial score (nSPS) is 21.7. The zero-order valence-electron chi connectivity index (χ0n) is 15.4. The topological polar surface area (TPSA) is 48.0 Å². The maximum atomic E-state index is 12.4. The monoisotopic (exact) mass is 343 g/mol. The van der Waals surface area contributed by atoms with Crippen molar-refractivity contribution in [2.75, 3.05) is 33.0 Å². The van der Waals surface area contributed by atoms with Crippen molar-refractivity contribution in [1.82, 2.24) is 4.90 Å². The zero-order valence-corrected chi connectivity index (χ0v) is 16.5. The molecule has 23 heavy (non-hydrogen) atoms. The van der Waals surface area contributed by atoms with Crippen LogP contribution < -0.4 is 0 Å². The Morgan fingerprint density at radius 1 is 1.35 bits per heavy atom. The highest BCUT2D eigenvalue weighted by atomic mass is 28.3. The lowest BCUT2D eigenvalue weighted by Gasteiger charge is -2.47. The molecule has 0 bridgehead atoms. The quantitative estimate of drug-likeness (QED) is 0.386. The summed E-state index contributed by atoms with van der Waals surface area (Å²) < 4.78 is 16.8. The largest absolute Gasteiger partial charge is 0.445 e. The number of hydrogen-bond donors (Lipinski definition) is 0. The number of likely N-dealkylation sites (tertiary alicyclic amines) is 1. The van der Waals surface area contributed by atoms with Crippen molar-refractivity contribution in [3.63, 3.8) is 0 Å². The summed E-state index contributed by atoms with van der Waals surface area (Å²) >= 11 is 0. The summed E-state index contributed by atoms with van der Waals surface area (Å²) in [6, 6.07) is 0. The van der Waals surface area contributed by atoms with Gasteiger partial charge in [-0.3, -0.25) is 4.90 Å². The van der Waals surface area contributed by atoms with Crippen LogP contribution in [0.5, 0.6) is 0 Å². The highest BCUT2D eigenvalue weighted by Gasteiger charge is 2.52. The summed E-state index contributed by atoms with van der Waals surface area (Å²) in [5.74, 6) is 0. The SMILES string of the molecule is C=CCOC(=O)N1CCCC1(COCCO[SiH](C)C)C(C)(C)C. The Labute approximate surface area is 142 Å². The van der Waals surface area contributed by atoms with Crippen molar-refractivity contribution in [2.24, 2.45) is 5.41 Å². The Hall–Kier alpha value is -0.853. The van der Waals surface area contributed by atoms with Crippen LogP contribution in [0.25, 0.3) is 0 Å². The maximum Gasteiger partial charge on any atom is 0.410 e. The first kappa shape index (κ1) is 20.2. The summed E-state index contributed by atoms with van der Waals surface area (Å²) in [5.41, 5.74) is -0.426. The van der Waals surface area contributed by atoms with Gasteiger partial charge in [-0.15, -0.1) is 0 Å². The molecule has 1 aliphatic rings. The predicted octanol–water partition coefficient (Wildman–Crippen LogP) is 3.21. The van der Waals surface area contributed by atoms with Crippen molar-refractivity contribution in [3.05, 3.63) is 12.7 Å². The molecule has 0 aromatic heterocycles. The van der Waals surface area contributed by atoms with Gasteiger partial charge >= 0.3 is 6.09 Å². The van der Waals surface area contributed by atoms with Crippen molar-refractivity contribution < 1.29 is 18.7 Å². The summed E-state index contributed by atoms with van der Waals surface area (Å²) in [6.45, 7) is 17.0. The standard InChI is InChI=1S/C17H33NO4Si/c1-7-11-21-15(19)18-10-8-9-17(18,16(2,3)4)14-20-12-13-22-23(5)6/h7,23H,1,8-14H2,2-6H3. The molecule has 0 aromatic rings. The first-order valence-corrected chi connectivity index (χ1v) is 11.3. The smallest absolute Gasteiger partial charge is 0.410 e. The summed E-state index contributed by atoms with van der Waals surface area (Å²) in [7, 11) is -1.01. The minimum atomic E-state index is -1.01. The fraction of sp³-hybridized carbons (Fsp3) is 0.824. The highest BCUT2D eigenvalue weighted by Crippen LogP contribution is 2.44. The van der Waals surface area contributed by atoms with Crippen molar-refractivity contribution in [3.8, 4) is 0 Å². The van der Waals surface area contributed by atoms with Crippen LogP contribution in [0.1, 0.15) is 33.6 Å². The molecular weight excluding hydrogens is 310 g/mol. The minimum Gasteiger partial charge on any atom is -0.445 e.